The molecule has 34 heavy (non-hydrogen) atoms. The van der Waals surface area contributed by atoms with Crippen molar-refractivity contribution in [2.24, 2.45) is 0 Å². The van der Waals surface area contributed by atoms with Gasteiger partial charge in [-0.3, -0.25) is 4.79 Å². The molecule has 0 atom stereocenters. The summed E-state index contributed by atoms with van der Waals surface area (Å²) in [5, 5.41) is 13.5. The molecule has 0 unspecified atom stereocenters. The van der Waals surface area contributed by atoms with Gasteiger partial charge in [0.05, 0.1) is 26.7 Å². The van der Waals surface area contributed by atoms with Crippen LogP contribution in [-0.4, -0.2) is 12.5 Å². The molecule has 1 amide bonds. The number of nitrogens with one attached hydrogen (secondary N) is 1. The van der Waals surface area contributed by atoms with Crippen molar-refractivity contribution in [1.82, 2.24) is 0 Å². The van der Waals surface area contributed by atoms with Crippen LogP contribution in [0.3, 0.4) is 0 Å². The van der Waals surface area contributed by atoms with Gasteiger partial charge in [-0.2, -0.15) is 5.26 Å². The van der Waals surface area contributed by atoms with E-state index in [1.54, 1.807) is 54.6 Å². The van der Waals surface area contributed by atoms with Crippen molar-refractivity contribution >= 4 is 64.1 Å². The summed E-state index contributed by atoms with van der Waals surface area (Å²) in [6.45, 7) is 2.59. The van der Waals surface area contributed by atoms with Gasteiger partial charge in [0.2, 0.25) is 0 Å². The first-order chi connectivity index (χ1) is 16.3. The predicted octanol–water partition coefficient (Wildman–Crippen LogP) is 7.82. The third kappa shape index (κ3) is 6.82. The van der Waals surface area contributed by atoms with Gasteiger partial charge in [0.15, 0.2) is 5.75 Å². The summed E-state index contributed by atoms with van der Waals surface area (Å²) in [4.78, 5) is 12.6. The van der Waals surface area contributed by atoms with Crippen LogP contribution in [-0.2, 0) is 11.4 Å². The van der Waals surface area contributed by atoms with E-state index in [0.717, 1.165) is 5.56 Å². The van der Waals surface area contributed by atoms with Crippen molar-refractivity contribution in [3.8, 4) is 17.6 Å². The highest BCUT2D eigenvalue weighted by molar-refractivity contribution is 6.42. The van der Waals surface area contributed by atoms with Crippen LogP contribution in [0.1, 0.15) is 18.1 Å². The number of hydrogen-bond donors (Lipinski definition) is 1. The van der Waals surface area contributed by atoms with Gasteiger partial charge in [0.25, 0.3) is 5.91 Å². The Morgan fingerprint density at radius 1 is 0.941 bits per heavy atom. The normalized spacial score (nSPS) is 11.0. The van der Waals surface area contributed by atoms with Gasteiger partial charge in [-0.25, -0.2) is 0 Å². The number of amides is 1. The minimum absolute atomic E-state index is 0.120. The van der Waals surface area contributed by atoms with E-state index in [1.165, 1.54) is 6.08 Å². The highest BCUT2D eigenvalue weighted by Gasteiger charge is 2.14. The van der Waals surface area contributed by atoms with Gasteiger partial charge in [-0.1, -0.05) is 52.5 Å². The van der Waals surface area contributed by atoms with Crippen molar-refractivity contribution in [2.75, 3.05) is 11.9 Å². The molecule has 174 valence electrons. The molecule has 0 aromatic heterocycles. The Morgan fingerprint density at radius 2 is 1.62 bits per heavy atom. The van der Waals surface area contributed by atoms with Gasteiger partial charge in [0.1, 0.15) is 24.0 Å². The minimum Gasteiger partial charge on any atom is -0.494 e. The Balaban J connectivity index is 1.73. The zero-order valence-electron chi connectivity index (χ0n) is 17.9. The molecular formula is C25H18Cl4N2O3. The summed E-state index contributed by atoms with van der Waals surface area (Å²) in [6.07, 6.45) is 1.39. The van der Waals surface area contributed by atoms with Crippen LogP contribution in [0.2, 0.25) is 20.1 Å². The minimum atomic E-state index is -0.571. The summed E-state index contributed by atoms with van der Waals surface area (Å²) in [5.74, 6) is 0.380. The maximum atomic E-state index is 12.6. The van der Waals surface area contributed by atoms with E-state index < -0.39 is 5.91 Å². The van der Waals surface area contributed by atoms with Gasteiger partial charge in [-0.05, 0) is 72.7 Å². The number of hydrogen-bond acceptors (Lipinski definition) is 4. The highest BCUT2D eigenvalue weighted by Crippen LogP contribution is 2.36. The fourth-order valence-corrected chi connectivity index (χ4v) is 3.83. The first kappa shape index (κ1) is 25.7. The van der Waals surface area contributed by atoms with E-state index in [9.17, 15) is 10.1 Å². The summed E-state index contributed by atoms with van der Waals surface area (Å²) in [6, 6.07) is 17.0. The molecule has 0 aliphatic heterocycles. The van der Waals surface area contributed by atoms with Gasteiger partial charge in [0, 0.05) is 5.69 Å². The molecule has 1 N–H and O–H groups in total. The van der Waals surface area contributed by atoms with Gasteiger partial charge >= 0.3 is 0 Å². The first-order valence-electron chi connectivity index (χ1n) is 10.0. The van der Waals surface area contributed by atoms with Gasteiger partial charge in [-0.15, -0.1) is 0 Å². The van der Waals surface area contributed by atoms with E-state index in [1.807, 2.05) is 13.0 Å². The Hall–Kier alpha value is -2.88. The summed E-state index contributed by atoms with van der Waals surface area (Å²) < 4.78 is 11.1. The number of anilines is 1. The fourth-order valence-electron chi connectivity index (χ4n) is 2.90. The lowest BCUT2D eigenvalue weighted by molar-refractivity contribution is -0.112. The summed E-state index contributed by atoms with van der Waals surface area (Å²) in [5.41, 5.74) is 1.65. The Kier molecular flexibility index (Phi) is 9.09. The van der Waals surface area contributed by atoms with Crippen molar-refractivity contribution in [3.63, 3.8) is 0 Å². The van der Waals surface area contributed by atoms with Crippen LogP contribution < -0.4 is 14.8 Å². The topological polar surface area (TPSA) is 71.3 Å². The number of halogens is 4. The second-order valence-corrected chi connectivity index (χ2v) is 8.56. The van der Waals surface area contributed by atoms with Crippen molar-refractivity contribution in [1.29, 1.82) is 5.26 Å². The SMILES string of the molecule is CCOc1ccc(NC(=O)/C(C#N)=C\c2cc(Cl)c(OCc3ccc(Cl)c(Cl)c3)c(Cl)c2)cc1. The average molecular weight is 536 g/mol. The molecule has 3 aromatic carbocycles. The second kappa shape index (κ2) is 12.0. The molecule has 0 bridgehead atoms. The molecule has 3 aromatic rings. The molecule has 5 nitrogen and oxygen atoms in total. The lowest BCUT2D eigenvalue weighted by atomic mass is 10.1. The predicted molar refractivity (Wildman–Crippen MR) is 137 cm³/mol. The van der Waals surface area contributed by atoms with Crippen LogP contribution in [0.4, 0.5) is 5.69 Å². The van der Waals surface area contributed by atoms with Crippen molar-refractivity contribution < 1.29 is 14.3 Å². The van der Waals surface area contributed by atoms with E-state index in [-0.39, 0.29) is 28.0 Å². The molecule has 0 aliphatic rings. The number of benzene rings is 3. The molecule has 0 spiro atoms. The average Bonchev–Trinajstić information content (AvgIpc) is 2.80. The van der Waals surface area contributed by atoms with Crippen LogP contribution in [0.25, 0.3) is 6.08 Å². The third-order valence-electron chi connectivity index (χ3n) is 4.49. The monoisotopic (exact) mass is 534 g/mol. The number of nitrogens with zero attached hydrogens (tertiary/aromatic N) is 1. The van der Waals surface area contributed by atoms with Crippen LogP contribution >= 0.6 is 46.4 Å². The number of carbonyl (C=O) groups excluding carboxylic acids is 1. The highest BCUT2D eigenvalue weighted by atomic mass is 35.5. The Morgan fingerprint density at radius 3 is 2.21 bits per heavy atom. The number of carbonyl (C=O) groups is 1. The standard InChI is InChI=1S/C25H18Cl4N2O3/c1-2-33-19-6-4-18(5-7-19)31-25(32)17(13-30)9-16-11-22(28)24(23(29)12-16)34-14-15-3-8-20(26)21(27)10-15/h3-12H,2,14H2,1H3,(H,31,32)/b17-9-. The van der Waals surface area contributed by atoms with E-state index >= 15 is 0 Å². The number of nitriles is 1. The molecule has 3 rings (SSSR count). The van der Waals surface area contributed by atoms with Crippen LogP contribution in [0, 0.1) is 11.3 Å². The fraction of sp³-hybridized carbons (Fsp3) is 0.120. The summed E-state index contributed by atoms with van der Waals surface area (Å²) >= 11 is 24.7. The maximum Gasteiger partial charge on any atom is 0.266 e. The molecule has 0 saturated heterocycles. The second-order valence-electron chi connectivity index (χ2n) is 6.93. The van der Waals surface area contributed by atoms with Crippen LogP contribution in [0.15, 0.2) is 60.2 Å². The van der Waals surface area contributed by atoms with E-state index in [4.69, 9.17) is 55.9 Å². The van der Waals surface area contributed by atoms with Gasteiger partial charge < -0.3 is 14.8 Å². The lowest BCUT2D eigenvalue weighted by Gasteiger charge is -2.12. The number of rotatable bonds is 8. The zero-order chi connectivity index (χ0) is 24.7. The Labute approximate surface area is 217 Å². The quantitative estimate of drug-likeness (QED) is 0.235. The summed E-state index contributed by atoms with van der Waals surface area (Å²) in [7, 11) is 0. The van der Waals surface area contributed by atoms with Crippen molar-refractivity contribution in [3.05, 3.63) is 91.4 Å². The molecule has 0 heterocycles. The van der Waals surface area contributed by atoms with Crippen LogP contribution in [0.5, 0.6) is 11.5 Å². The molecule has 0 saturated carbocycles. The van der Waals surface area contributed by atoms with Crippen molar-refractivity contribution in [2.45, 2.75) is 13.5 Å². The molecule has 0 radical (unpaired) electrons. The van der Waals surface area contributed by atoms with E-state index in [0.29, 0.717) is 33.7 Å². The largest absolute Gasteiger partial charge is 0.494 e. The Bertz CT molecular complexity index is 1250. The zero-order valence-corrected chi connectivity index (χ0v) is 20.9. The lowest BCUT2D eigenvalue weighted by Crippen LogP contribution is -2.13. The smallest absolute Gasteiger partial charge is 0.266 e. The molecule has 0 aliphatic carbocycles. The molecule has 9 heteroatoms. The number of ether oxygens (including phenoxy) is 2. The maximum absolute atomic E-state index is 12.6. The van der Waals surface area contributed by atoms with E-state index in [2.05, 4.69) is 5.32 Å². The molecule has 0 fully saturated rings. The third-order valence-corrected chi connectivity index (χ3v) is 5.79. The first-order valence-corrected chi connectivity index (χ1v) is 11.5. The molecular weight excluding hydrogens is 518 g/mol.